The summed E-state index contributed by atoms with van der Waals surface area (Å²) in [6, 6.07) is 7.14. The molecule has 0 radical (unpaired) electrons. The molecule has 6 heteroatoms. The summed E-state index contributed by atoms with van der Waals surface area (Å²) >= 11 is 6.10. The van der Waals surface area contributed by atoms with Crippen molar-refractivity contribution in [1.82, 2.24) is 10.3 Å². The summed E-state index contributed by atoms with van der Waals surface area (Å²) in [6.07, 6.45) is 0.674. The molecule has 2 amide bonds. The number of halogens is 1. The van der Waals surface area contributed by atoms with E-state index < -0.39 is 0 Å². The Kier molecular flexibility index (Phi) is 4.39. The Bertz CT molecular complexity index is 571. The van der Waals surface area contributed by atoms with Gasteiger partial charge in [0.05, 0.1) is 6.04 Å². The van der Waals surface area contributed by atoms with Crippen LogP contribution < -0.4 is 5.32 Å². The van der Waals surface area contributed by atoms with Crippen LogP contribution in [-0.2, 0) is 9.59 Å². The molecule has 20 heavy (non-hydrogen) atoms. The summed E-state index contributed by atoms with van der Waals surface area (Å²) in [5, 5.41) is 8.65. The lowest BCUT2D eigenvalue weighted by Crippen LogP contribution is -2.38. The van der Waals surface area contributed by atoms with E-state index in [9.17, 15) is 9.59 Å². The molecule has 106 valence electrons. The van der Waals surface area contributed by atoms with Crippen molar-refractivity contribution in [3.63, 3.8) is 0 Å². The molecule has 0 aliphatic carbocycles. The van der Waals surface area contributed by atoms with E-state index in [2.05, 4.69) is 10.4 Å². The fourth-order valence-electron chi connectivity index (χ4n) is 2.02. The first-order valence-corrected chi connectivity index (χ1v) is 6.76. The molecule has 1 aliphatic heterocycles. The second kappa shape index (κ2) is 6.05. The number of amides is 2. The minimum Gasteiger partial charge on any atom is -0.344 e. The van der Waals surface area contributed by atoms with Crippen molar-refractivity contribution in [3.8, 4) is 0 Å². The van der Waals surface area contributed by atoms with Crippen molar-refractivity contribution in [3.05, 3.63) is 34.9 Å². The fourth-order valence-corrected chi connectivity index (χ4v) is 2.32. The van der Waals surface area contributed by atoms with Crippen LogP contribution in [0.25, 0.3) is 0 Å². The van der Waals surface area contributed by atoms with Gasteiger partial charge in [0, 0.05) is 24.9 Å². The highest BCUT2D eigenvalue weighted by Gasteiger charge is 2.23. The smallest absolute Gasteiger partial charge is 0.267 e. The van der Waals surface area contributed by atoms with Crippen molar-refractivity contribution in [2.75, 3.05) is 7.05 Å². The minimum absolute atomic E-state index is 0.0827. The molecule has 1 N–H and O–H groups in total. The van der Waals surface area contributed by atoms with Crippen LogP contribution in [0.3, 0.4) is 0 Å². The maximum atomic E-state index is 12.1. The monoisotopic (exact) mass is 293 g/mol. The molecular formula is C14H16ClN3O2. The number of benzene rings is 1. The summed E-state index contributed by atoms with van der Waals surface area (Å²) in [5.41, 5.74) is 1.22. The van der Waals surface area contributed by atoms with Gasteiger partial charge in [-0.15, -0.1) is 0 Å². The van der Waals surface area contributed by atoms with Crippen LogP contribution in [0, 0.1) is 0 Å². The van der Waals surface area contributed by atoms with Gasteiger partial charge in [-0.3, -0.25) is 9.59 Å². The summed E-state index contributed by atoms with van der Waals surface area (Å²) < 4.78 is 0. The third kappa shape index (κ3) is 3.17. The Morgan fingerprint density at radius 1 is 1.40 bits per heavy atom. The maximum Gasteiger partial charge on any atom is 0.267 e. The predicted molar refractivity (Wildman–Crippen MR) is 77.4 cm³/mol. The number of nitrogens with one attached hydrogen (secondary N) is 1. The van der Waals surface area contributed by atoms with Crippen molar-refractivity contribution < 1.29 is 9.59 Å². The van der Waals surface area contributed by atoms with Gasteiger partial charge in [0.1, 0.15) is 5.71 Å². The highest BCUT2D eigenvalue weighted by molar-refractivity contribution is 6.39. The van der Waals surface area contributed by atoms with E-state index in [1.54, 1.807) is 13.1 Å². The first-order valence-electron chi connectivity index (χ1n) is 6.38. The third-order valence-electron chi connectivity index (χ3n) is 3.19. The molecule has 1 aromatic carbocycles. The Labute approximate surface area is 122 Å². The molecule has 2 rings (SSSR count). The van der Waals surface area contributed by atoms with Gasteiger partial charge in [-0.25, -0.2) is 5.01 Å². The van der Waals surface area contributed by atoms with Crippen molar-refractivity contribution in [1.29, 1.82) is 0 Å². The summed E-state index contributed by atoms with van der Waals surface area (Å²) in [4.78, 5) is 23.4. The molecule has 0 aromatic heterocycles. The standard InChI is InChI=1S/C14H16ClN3O2/c1-9(10-5-3-4-6-11(10)15)16-14(20)12-7-8-13(19)18(2)17-12/h3-6,9H,7-8H2,1-2H3,(H,16,20). The Hall–Kier alpha value is -1.88. The Balaban J connectivity index is 2.07. The molecule has 1 aromatic rings. The van der Waals surface area contributed by atoms with E-state index in [-0.39, 0.29) is 17.9 Å². The van der Waals surface area contributed by atoms with Gasteiger partial charge in [-0.05, 0) is 18.6 Å². The van der Waals surface area contributed by atoms with Crippen LogP contribution in [0.5, 0.6) is 0 Å². The molecule has 1 unspecified atom stereocenters. The van der Waals surface area contributed by atoms with Crippen LogP contribution in [0.2, 0.25) is 5.02 Å². The molecular weight excluding hydrogens is 278 g/mol. The molecule has 0 spiro atoms. The maximum absolute atomic E-state index is 12.1. The topological polar surface area (TPSA) is 61.8 Å². The fraction of sp³-hybridized carbons (Fsp3) is 0.357. The van der Waals surface area contributed by atoms with Crippen molar-refractivity contribution in [2.45, 2.75) is 25.8 Å². The average Bonchev–Trinajstić information content (AvgIpc) is 2.42. The van der Waals surface area contributed by atoms with Gasteiger partial charge < -0.3 is 5.32 Å². The van der Waals surface area contributed by atoms with Gasteiger partial charge in [0.25, 0.3) is 5.91 Å². The van der Waals surface area contributed by atoms with Gasteiger partial charge in [0.15, 0.2) is 0 Å². The number of carbonyl (C=O) groups excluding carboxylic acids is 2. The lowest BCUT2D eigenvalue weighted by molar-refractivity contribution is -0.130. The molecule has 1 atom stereocenters. The highest BCUT2D eigenvalue weighted by atomic mass is 35.5. The van der Waals surface area contributed by atoms with E-state index in [0.29, 0.717) is 23.6 Å². The predicted octanol–water partition coefficient (Wildman–Crippen LogP) is 2.13. The Morgan fingerprint density at radius 2 is 2.10 bits per heavy atom. The van der Waals surface area contributed by atoms with Crippen LogP contribution in [-0.4, -0.2) is 29.6 Å². The van der Waals surface area contributed by atoms with E-state index in [1.807, 2.05) is 25.1 Å². The van der Waals surface area contributed by atoms with E-state index in [0.717, 1.165) is 5.56 Å². The number of hydrogen-bond acceptors (Lipinski definition) is 3. The van der Waals surface area contributed by atoms with Crippen LogP contribution in [0.4, 0.5) is 0 Å². The summed E-state index contributed by atoms with van der Waals surface area (Å²) in [7, 11) is 1.55. The van der Waals surface area contributed by atoms with Crippen LogP contribution in [0.15, 0.2) is 29.4 Å². The number of rotatable bonds is 3. The van der Waals surface area contributed by atoms with Gasteiger partial charge in [-0.1, -0.05) is 29.8 Å². The Morgan fingerprint density at radius 3 is 2.75 bits per heavy atom. The zero-order valence-electron chi connectivity index (χ0n) is 11.4. The number of carbonyl (C=O) groups is 2. The van der Waals surface area contributed by atoms with Crippen LogP contribution >= 0.6 is 11.6 Å². The largest absolute Gasteiger partial charge is 0.344 e. The molecule has 0 bridgehead atoms. The van der Waals surface area contributed by atoms with E-state index in [4.69, 9.17) is 11.6 Å². The first-order chi connectivity index (χ1) is 9.49. The van der Waals surface area contributed by atoms with E-state index in [1.165, 1.54) is 5.01 Å². The van der Waals surface area contributed by atoms with Gasteiger partial charge in [-0.2, -0.15) is 5.10 Å². The first kappa shape index (κ1) is 14.5. The molecule has 1 aliphatic rings. The number of hydrazone groups is 1. The molecule has 5 nitrogen and oxygen atoms in total. The van der Waals surface area contributed by atoms with Gasteiger partial charge in [0.2, 0.25) is 5.91 Å². The SMILES string of the molecule is CC(NC(=O)C1=NN(C)C(=O)CC1)c1ccccc1Cl. The van der Waals surface area contributed by atoms with Crippen molar-refractivity contribution >= 4 is 29.1 Å². The lowest BCUT2D eigenvalue weighted by Gasteiger charge is -2.21. The van der Waals surface area contributed by atoms with Crippen molar-refractivity contribution in [2.24, 2.45) is 5.10 Å². The van der Waals surface area contributed by atoms with E-state index >= 15 is 0 Å². The third-order valence-corrected chi connectivity index (χ3v) is 3.53. The molecule has 0 saturated heterocycles. The summed E-state index contributed by atoms with van der Waals surface area (Å²) in [6.45, 7) is 1.86. The minimum atomic E-state index is -0.267. The average molecular weight is 294 g/mol. The van der Waals surface area contributed by atoms with Crippen LogP contribution in [0.1, 0.15) is 31.4 Å². The lowest BCUT2D eigenvalue weighted by atomic mass is 10.1. The normalized spacial score (nSPS) is 16.6. The van der Waals surface area contributed by atoms with Gasteiger partial charge >= 0.3 is 0 Å². The zero-order chi connectivity index (χ0) is 14.7. The zero-order valence-corrected chi connectivity index (χ0v) is 12.1. The number of nitrogens with zero attached hydrogens (tertiary/aromatic N) is 2. The molecule has 1 heterocycles. The molecule has 0 saturated carbocycles. The number of hydrogen-bond donors (Lipinski definition) is 1. The summed E-state index contributed by atoms with van der Waals surface area (Å²) in [5.74, 6) is -0.350. The highest BCUT2D eigenvalue weighted by Crippen LogP contribution is 2.22. The molecule has 0 fully saturated rings. The second-order valence-electron chi connectivity index (χ2n) is 4.68. The quantitative estimate of drug-likeness (QED) is 0.928. The second-order valence-corrected chi connectivity index (χ2v) is 5.09.